The molecule has 0 aromatic carbocycles. The lowest BCUT2D eigenvalue weighted by atomic mass is 9.70. The summed E-state index contributed by atoms with van der Waals surface area (Å²) in [5, 5.41) is 6.60. The Hall–Kier alpha value is -0.610. The molecule has 26 heavy (non-hydrogen) atoms. The summed E-state index contributed by atoms with van der Waals surface area (Å²) in [5.74, 6) is 0.0271. The van der Waals surface area contributed by atoms with Gasteiger partial charge < -0.3 is 10.1 Å². The van der Waals surface area contributed by atoms with E-state index in [1.807, 2.05) is 0 Å². The number of nitrogens with one attached hydrogen (secondary N) is 2. The minimum Gasteiger partial charge on any atom is -0.328 e. The lowest BCUT2D eigenvalue weighted by Gasteiger charge is -2.49. The van der Waals surface area contributed by atoms with Crippen molar-refractivity contribution in [1.82, 2.24) is 10.6 Å². The van der Waals surface area contributed by atoms with Gasteiger partial charge in [-0.15, -0.1) is 0 Å². The van der Waals surface area contributed by atoms with Gasteiger partial charge in [-0.1, -0.05) is 72.1 Å². The van der Waals surface area contributed by atoms with E-state index in [0.29, 0.717) is 0 Å². The molecule has 2 atom stereocenters. The van der Waals surface area contributed by atoms with Crippen LogP contribution in [0.25, 0.3) is 0 Å². The number of ether oxygens (including phenoxy) is 1. The van der Waals surface area contributed by atoms with Gasteiger partial charge in [-0.2, -0.15) is 0 Å². The first-order valence-corrected chi connectivity index (χ1v) is 11.0. The molecule has 4 heteroatoms. The second-order valence-corrected chi connectivity index (χ2v) is 10.1. The summed E-state index contributed by atoms with van der Waals surface area (Å²) >= 11 is 0. The van der Waals surface area contributed by atoms with Crippen molar-refractivity contribution in [2.75, 3.05) is 0 Å². The van der Waals surface area contributed by atoms with Crippen LogP contribution >= 0.6 is 0 Å². The minimum atomic E-state index is -0.838. The summed E-state index contributed by atoms with van der Waals surface area (Å²) in [5.41, 5.74) is -0.834. The molecule has 2 heterocycles. The van der Waals surface area contributed by atoms with E-state index in [0.717, 1.165) is 25.7 Å². The molecule has 2 rings (SSSR count). The van der Waals surface area contributed by atoms with Crippen LogP contribution in [0.3, 0.4) is 0 Å². The Kier molecular flexibility index (Phi) is 7.55. The van der Waals surface area contributed by atoms with Gasteiger partial charge in [-0.3, -0.25) is 10.1 Å². The van der Waals surface area contributed by atoms with Crippen LogP contribution in [-0.2, 0) is 9.53 Å². The first kappa shape index (κ1) is 21.7. The third-order valence-electron chi connectivity index (χ3n) is 5.76. The van der Waals surface area contributed by atoms with Gasteiger partial charge in [-0.25, -0.2) is 0 Å². The van der Waals surface area contributed by atoms with Crippen molar-refractivity contribution < 1.29 is 9.53 Å². The molecule has 2 saturated heterocycles. The molecule has 1 spiro atoms. The summed E-state index contributed by atoms with van der Waals surface area (Å²) in [6.45, 7) is 11.1. The van der Waals surface area contributed by atoms with Crippen molar-refractivity contribution in [2.24, 2.45) is 5.41 Å². The van der Waals surface area contributed by atoms with Crippen LogP contribution in [0.1, 0.15) is 112 Å². The minimum absolute atomic E-state index is 0.0271. The van der Waals surface area contributed by atoms with Gasteiger partial charge >= 0.3 is 0 Å². The molecular formula is C22H42N2O2. The van der Waals surface area contributed by atoms with Crippen molar-refractivity contribution in [3.05, 3.63) is 0 Å². The van der Waals surface area contributed by atoms with Gasteiger partial charge in [0.15, 0.2) is 0 Å². The van der Waals surface area contributed by atoms with Gasteiger partial charge in [-0.05, 0) is 38.5 Å². The Morgan fingerprint density at radius 2 is 1.50 bits per heavy atom. The molecule has 2 unspecified atom stereocenters. The predicted molar refractivity (Wildman–Crippen MR) is 108 cm³/mol. The average molecular weight is 367 g/mol. The van der Waals surface area contributed by atoms with Crippen LogP contribution < -0.4 is 10.6 Å². The highest BCUT2D eigenvalue weighted by molar-refractivity contribution is 5.87. The highest BCUT2D eigenvalue weighted by Crippen LogP contribution is 2.44. The lowest BCUT2D eigenvalue weighted by Crippen LogP contribution is -2.66. The largest absolute Gasteiger partial charge is 0.328 e. The lowest BCUT2D eigenvalue weighted by molar-refractivity contribution is -0.158. The zero-order valence-electron chi connectivity index (χ0n) is 17.9. The second kappa shape index (κ2) is 9.05. The fraction of sp³-hybridized carbons (Fsp3) is 0.955. The van der Waals surface area contributed by atoms with Crippen molar-refractivity contribution in [3.8, 4) is 0 Å². The maximum absolute atomic E-state index is 12.7. The topological polar surface area (TPSA) is 50.4 Å². The molecule has 2 N–H and O–H groups in total. The number of carbonyl (C=O) groups is 1. The quantitative estimate of drug-likeness (QED) is 0.518. The SMILES string of the molecule is CCCCCCCCCCCC1NC(=O)C2(CC(C)(C)CC(C)(C)N2)O1. The zero-order chi connectivity index (χ0) is 19.3. The second-order valence-electron chi connectivity index (χ2n) is 10.1. The van der Waals surface area contributed by atoms with Gasteiger partial charge in [0.2, 0.25) is 5.72 Å². The van der Waals surface area contributed by atoms with Crippen molar-refractivity contribution in [2.45, 2.75) is 129 Å². The molecule has 1 amide bonds. The van der Waals surface area contributed by atoms with Gasteiger partial charge in [0, 0.05) is 12.0 Å². The fourth-order valence-corrected chi connectivity index (χ4v) is 5.14. The molecular weight excluding hydrogens is 324 g/mol. The number of unbranched alkanes of at least 4 members (excludes halogenated alkanes) is 8. The summed E-state index contributed by atoms with van der Waals surface area (Å²) in [6.07, 6.45) is 14.4. The molecule has 152 valence electrons. The first-order chi connectivity index (χ1) is 12.2. The highest BCUT2D eigenvalue weighted by atomic mass is 16.6. The highest BCUT2D eigenvalue weighted by Gasteiger charge is 2.56. The summed E-state index contributed by atoms with van der Waals surface area (Å²) in [7, 11) is 0. The molecule has 0 aliphatic carbocycles. The standard InChI is InChI=1S/C22H42N2O2/c1-6-7-8-9-10-11-12-13-14-15-18-23-19(25)22(26-18)17-20(2,3)16-21(4,5)24-22/h18,24H,6-17H2,1-5H3,(H,23,25). The molecule has 4 nitrogen and oxygen atoms in total. The van der Waals surface area contributed by atoms with E-state index in [9.17, 15) is 4.79 Å². The predicted octanol–water partition coefficient (Wildman–Crippen LogP) is 5.26. The molecule has 2 aliphatic rings. The normalized spacial score (nSPS) is 29.9. The maximum atomic E-state index is 12.7. The molecule has 0 radical (unpaired) electrons. The van der Waals surface area contributed by atoms with Crippen LogP contribution in [-0.4, -0.2) is 23.4 Å². The van der Waals surface area contributed by atoms with Crippen LogP contribution in [0.4, 0.5) is 0 Å². The van der Waals surface area contributed by atoms with Crippen molar-refractivity contribution in [1.29, 1.82) is 0 Å². The number of carbonyl (C=O) groups excluding carboxylic acids is 1. The Morgan fingerprint density at radius 3 is 2.08 bits per heavy atom. The van der Waals surface area contributed by atoms with E-state index in [2.05, 4.69) is 45.3 Å². The first-order valence-electron chi connectivity index (χ1n) is 11.0. The Morgan fingerprint density at radius 1 is 0.923 bits per heavy atom. The average Bonchev–Trinajstić information content (AvgIpc) is 2.77. The Bertz CT molecular complexity index is 443. The van der Waals surface area contributed by atoms with E-state index in [1.54, 1.807) is 0 Å². The van der Waals surface area contributed by atoms with Crippen LogP contribution in [0.15, 0.2) is 0 Å². The monoisotopic (exact) mass is 366 g/mol. The third kappa shape index (κ3) is 6.23. The summed E-state index contributed by atoms with van der Waals surface area (Å²) in [4.78, 5) is 12.7. The smallest absolute Gasteiger partial charge is 0.269 e. The van der Waals surface area contributed by atoms with Crippen molar-refractivity contribution >= 4 is 5.91 Å². The fourth-order valence-electron chi connectivity index (χ4n) is 5.14. The molecule has 2 aliphatic heterocycles. The Balaban J connectivity index is 1.69. The van der Waals surface area contributed by atoms with E-state index >= 15 is 0 Å². The molecule has 0 aromatic rings. The zero-order valence-corrected chi connectivity index (χ0v) is 17.9. The van der Waals surface area contributed by atoms with E-state index in [1.165, 1.54) is 51.4 Å². The number of hydrogen-bond acceptors (Lipinski definition) is 3. The number of amides is 1. The van der Waals surface area contributed by atoms with Crippen LogP contribution in [0, 0.1) is 5.41 Å². The molecule has 0 bridgehead atoms. The molecule has 0 saturated carbocycles. The van der Waals surface area contributed by atoms with E-state index in [4.69, 9.17) is 4.74 Å². The van der Waals surface area contributed by atoms with Gasteiger partial charge in [0.1, 0.15) is 6.23 Å². The van der Waals surface area contributed by atoms with Gasteiger partial charge in [0.05, 0.1) is 0 Å². The third-order valence-corrected chi connectivity index (χ3v) is 5.76. The van der Waals surface area contributed by atoms with Crippen LogP contribution in [0.5, 0.6) is 0 Å². The molecule has 2 fully saturated rings. The van der Waals surface area contributed by atoms with Crippen molar-refractivity contribution in [3.63, 3.8) is 0 Å². The summed E-state index contributed by atoms with van der Waals surface area (Å²) < 4.78 is 6.27. The number of rotatable bonds is 10. The number of piperidine rings is 1. The van der Waals surface area contributed by atoms with Gasteiger partial charge in [0.25, 0.3) is 5.91 Å². The number of hydrogen-bond donors (Lipinski definition) is 2. The maximum Gasteiger partial charge on any atom is 0.269 e. The summed E-state index contributed by atoms with van der Waals surface area (Å²) in [6, 6.07) is 0. The van der Waals surface area contributed by atoms with E-state index in [-0.39, 0.29) is 23.1 Å². The van der Waals surface area contributed by atoms with E-state index < -0.39 is 5.72 Å². The molecule has 0 aromatic heterocycles. The Labute approximate surface area is 161 Å². The van der Waals surface area contributed by atoms with Crippen LogP contribution in [0.2, 0.25) is 0 Å².